The fourth-order valence-corrected chi connectivity index (χ4v) is 5.56. The van der Waals surface area contributed by atoms with Gasteiger partial charge in [0.1, 0.15) is 0 Å². The molecular weight excluding hydrogens is 430 g/mol. The Morgan fingerprint density at radius 2 is 1.55 bits per heavy atom. The predicted molar refractivity (Wildman–Crippen MR) is 135 cm³/mol. The number of benzene rings is 2. The van der Waals surface area contributed by atoms with Crippen molar-refractivity contribution in [2.75, 3.05) is 44.4 Å². The lowest BCUT2D eigenvalue weighted by Crippen LogP contribution is -2.33. The second kappa shape index (κ2) is 11.3. The first-order valence-corrected chi connectivity index (χ1v) is 13.3. The van der Waals surface area contributed by atoms with Gasteiger partial charge in [-0.3, -0.25) is 0 Å². The Kier molecular flexibility index (Phi) is 7.79. The minimum absolute atomic E-state index is 0.438. The van der Waals surface area contributed by atoms with Gasteiger partial charge in [0.2, 0.25) is 6.29 Å². The molecule has 3 aromatic rings. The molecule has 2 aliphatic heterocycles. The molecular formula is C27H33N3O2S. The van der Waals surface area contributed by atoms with Gasteiger partial charge in [-0.2, -0.15) is 11.8 Å². The van der Waals surface area contributed by atoms with Crippen molar-refractivity contribution in [3.8, 4) is 22.5 Å². The van der Waals surface area contributed by atoms with E-state index in [4.69, 9.17) is 14.5 Å². The van der Waals surface area contributed by atoms with E-state index >= 15 is 0 Å². The second-order valence-electron chi connectivity index (χ2n) is 8.89. The number of hydrogen-bond acceptors (Lipinski definition) is 5. The first-order valence-electron chi connectivity index (χ1n) is 12.1. The topological polar surface area (TPSA) is 50.4 Å². The lowest BCUT2D eigenvalue weighted by atomic mass is 10.0. The fraction of sp³-hybridized carbons (Fsp3) is 0.444. The van der Waals surface area contributed by atoms with E-state index in [-0.39, 0.29) is 0 Å². The van der Waals surface area contributed by atoms with Crippen molar-refractivity contribution in [2.24, 2.45) is 5.92 Å². The van der Waals surface area contributed by atoms with Gasteiger partial charge in [0.15, 0.2) is 5.82 Å². The van der Waals surface area contributed by atoms with Gasteiger partial charge in [-0.1, -0.05) is 67.1 Å². The number of hydrogen-bond donors (Lipinski definition) is 1. The molecule has 0 aliphatic carbocycles. The number of imidazole rings is 1. The lowest BCUT2D eigenvalue weighted by molar-refractivity contribution is -0.209. The number of unbranched alkanes of at least 4 members (excludes halogenated alkanes) is 1. The van der Waals surface area contributed by atoms with Crippen molar-refractivity contribution in [3.05, 3.63) is 66.5 Å². The summed E-state index contributed by atoms with van der Waals surface area (Å²) >= 11 is 2.08. The van der Waals surface area contributed by atoms with Gasteiger partial charge in [-0.25, -0.2) is 4.98 Å². The molecule has 1 aromatic heterocycles. The van der Waals surface area contributed by atoms with Gasteiger partial charge in [0, 0.05) is 41.6 Å². The highest BCUT2D eigenvalue weighted by Gasteiger charge is 2.27. The van der Waals surface area contributed by atoms with Crippen molar-refractivity contribution in [2.45, 2.75) is 25.6 Å². The summed E-state index contributed by atoms with van der Waals surface area (Å²) in [4.78, 5) is 11.0. The Morgan fingerprint density at radius 3 is 2.24 bits per heavy atom. The molecule has 0 atom stereocenters. The first-order chi connectivity index (χ1) is 16.4. The van der Waals surface area contributed by atoms with E-state index < -0.39 is 6.29 Å². The predicted octanol–water partition coefficient (Wildman–Crippen LogP) is 5.62. The Bertz CT molecular complexity index is 924. The smallest absolute Gasteiger partial charge is 0.217 e. The van der Waals surface area contributed by atoms with E-state index in [1.54, 1.807) is 0 Å². The maximum atomic E-state index is 6.13. The van der Waals surface area contributed by atoms with E-state index in [9.17, 15) is 0 Å². The van der Waals surface area contributed by atoms with Crippen LogP contribution >= 0.6 is 11.8 Å². The maximum Gasteiger partial charge on any atom is 0.217 e. The molecule has 2 aromatic carbocycles. The van der Waals surface area contributed by atoms with E-state index in [0.29, 0.717) is 5.92 Å². The van der Waals surface area contributed by atoms with Crippen molar-refractivity contribution < 1.29 is 9.47 Å². The van der Waals surface area contributed by atoms with E-state index in [1.807, 2.05) is 36.4 Å². The summed E-state index contributed by atoms with van der Waals surface area (Å²) < 4.78 is 12.3. The minimum atomic E-state index is -0.438. The van der Waals surface area contributed by atoms with Crippen LogP contribution in [-0.2, 0) is 9.47 Å². The molecule has 33 heavy (non-hydrogen) atoms. The summed E-state index contributed by atoms with van der Waals surface area (Å²) in [7, 11) is 0. The number of nitrogens with one attached hydrogen (secondary N) is 1. The van der Waals surface area contributed by atoms with Gasteiger partial charge in [0.25, 0.3) is 0 Å². The van der Waals surface area contributed by atoms with Crippen LogP contribution in [-0.4, -0.2) is 59.2 Å². The van der Waals surface area contributed by atoms with Crippen molar-refractivity contribution in [1.82, 2.24) is 14.9 Å². The molecule has 0 bridgehead atoms. The van der Waals surface area contributed by atoms with Crippen LogP contribution in [0.5, 0.6) is 0 Å². The molecule has 1 N–H and O–H groups in total. The number of thioether (sulfide) groups is 1. The normalized spacial score (nSPS) is 21.8. The first kappa shape index (κ1) is 22.7. The average molecular weight is 464 g/mol. The van der Waals surface area contributed by atoms with Crippen LogP contribution in [0.2, 0.25) is 0 Å². The van der Waals surface area contributed by atoms with Gasteiger partial charge >= 0.3 is 0 Å². The molecule has 0 spiro atoms. The number of rotatable bonds is 8. The van der Waals surface area contributed by atoms with Crippen LogP contribution in [0.3, 0.4) is 0 Å². The summed E-state index contributed by atoms with van der Waals surface area (Å²) in [5, 5.41) is 0. The third-order valence-electron chi connectivity index (χ3n) is 6.46. The highest BCUT2D eigenvalue weighted by Crippen LogP contribution is 2.34. The van der Waals surface area contributed by atoms with Crippen molar-refractivity contribution >= 4 is 11.8 Å². The average Bonchev–Trinajstić information content (AvgIpc) is 3.34. The van der Waals surface area contributed by atoms with E-state index in [1.165, 1.54) is 44.0 Å². The van der Waals surface area contributed by atoms with Crippen molar-refractivity contribution in [1.29, 1.82) is 0 Å². The second-order valence-corrected chi connectivity index (χ2v) is 10.1. The Labute approximate surface area is 200 Å². The number of H-pyrrole nitrogens is 1. The molecule has 2 saturated heterocycles. The molecule has 174 valence electrons. The molecule has 6 heteroatoms. The largest absolute Gasteiger partial charge is 0.346 e. The van der Waals surface area contributed by atoms with Gasteiger partial charge in [-0.15, -0.1) is 0 Å². The summed E-state index contributed by atoms with van der Waals surface area (Å²) in [6.45, 7) is 5.19. The summed E-state index contributed by atoms with van der Waals surface area (Å²) in [6.07, 6.45) is 3.23. The van der Waals surface area contributed by atoms with E-state index in [0.717, 1.165) is 48.0 Å². The molecule has 2 fully saturated rings. The zero-order valence-electron chi connectivity index (χ0n) is 19.1. The molecule has 5 rings (SSSR count). The highest BCUT2D eigenvalue weighted by molar-refractivity contribution is 7.99. The summed E-state index contributed by atoms with van der Waals surface area (Å²) in [5.41, 5.74) is 4.13. The molecule has 2 aliphatic rings. The zero-order chi connectivity index (χ0) is 22.3. The Balaban J connectivity index is 1.19. The molecule has 5 nitrogen and oxygen atoms in total. The standard InChI is InChI=1S/C27H33N3O2S/c1-3-10-22(11-4-1)24-25(23-12-5-2-6-13-23)29-26(28-24)27-31-19-21(20-32-27)9-7-8-14-30-15-17-33-18-16-30/h1-6,10-13,21,27H,7-9,14-20H2,(H,28,29). The van der Waals surface area contributed by atoms with Crippen molar-refractivity contribution in [3.63, 3.8) is 0 Å². The van der Waals surface area contributed by atoms with Crippen LogP contribution in [0.15, 0.2) is 60.7 Å². The lowest BCUT2D eigenvalue weighted by Gasteiger charge is -2.29. The number of ether oxygens (including phenoxy) is 2. The molecule has 0 saturated carbocycles. The fourth-order valence-electron chi connectivity index (χ4n) is 4.58. The quantitative estimate of drug-likeness (QED) is 0.439. The van der Waals surface area contributed by atoms with Crippen LogP contribution in [0.1, 0.15) is 31.4 Å². The monoisotopic (exact) mass is 463 g/mol. The number of aromatic nitrogens is 2. The molecule has 0 amide bonds. The zero-order valence-corrected chi connectivity index (χ0v) is 19.9. The minimum Gasteiger partial charge on any atom is -0.346 e. The third-order valence-corrected chi connectivity index (χ3v) is 7.40. The van der Waals surface area contributed by atoms with Gasteiger partial charge < -0.3 is 19.4 Å². The van der Waals surface area contributed by atoms with Crippen LogP contribution < -0.4 is 0 Å². The third kappa shape index (κ3) is 5.87. The SMILES string of the molecule is c1ccc(-c2nc(C3OCC(CCCCN4CCSCC4)CO3)[nH]c2-c2ccccc2)cc1. The maximum absolute atomic E-state index is 6.13. The van der Waals surface area contributed by atoms with Gasteiger partial charge in [0.05, 0.1) is 24.6 Å². The summed E-state index contributed by atoms with van der Waals surface area (Å²) in [5.74, 6) is 3.79. The molecule has 0 unspecified atom stereocenters. The van der Waals surface area contributed by atoms with Crippen LogP contribution in [0, 0.1) is 5.92 Å². The number of aromatic amines is 1. The van der Waals surface area contributed by atoms with E-state index in [2.05, 4.69) is 45.9 Å². The van der Waals surface area contributed by atoms with Gasteiger partial charge in [-0.05, 0) is 19.4 Å². The Hall–Kier alpha value is -2.12. The van der Waals surface area contributed by atoms with Crippen LogP contribution in [0.25, 0.3) is 22.5 Å². The molecule has 3 heterocycles. The number of nitrogens with zero attached hydrogens (tertiary/aromatic N) is 2. The Morgan fingerprint density at radius 1 is 0.879 bits per heavy atom. The highest BCUT2D eigenvalue weighted by atomic mass is 32.2. The van der Waals surface area contributed by atoms with Crippen LogP contribution in [0.4, 0.5) is 0 Å². The summed E-state index contributed by atoms with van der Waals surface area (Å²) in [6, 6.07) is 20.6. The molecule has 0 radical (unpaired) electrons.